The minimum absolute atomic E-state index is 0.232. The number of aliphatic imine (C=N–C) groups is 1. The highest BCUT2D eigenvalue weighted by atomic mass is 32.2. The standard InChI is InChI=1S/C57H50N4S/c1-5-7-32-57(4,61-50-23-13-9-17-40(50)41-18-10-14-24-51(41)61)38-27-31-53-47(35-38)43-20-11-15-25-52(43)60(53)56(3,6-2)37-26-30-49-46(34-37)42-19-8-12-22-48(42)59(49)39-28-29-44-45-21-16-33-58-55(45)62-54(44)36-39/h8-31,33-36,45,55H,5-7,32H2,1-4H3. The lowest BCUT2D eigenvalue weighted by atomic mass is 9.85. The van der Waals surface area contributed by atoms with Gasteiger partial charge in [-0.2, -0.15) is 0 Å². The first-order valence-electron chi connectivity index (χ1n) is 22.5. The number of hydrogen-bond donors (Lipinski definition) is 0. The third-order valence-corrected chi connectivity index (χ3v) is 15.9. The van der Waals surface area contributed by atoms with E-state index in [4.69, 9.17) is 4.99 Å². The number of fused-ring (bicyclic) bond motifs is 12. The normalized spacial score (nSPS) is 18.0. The highest BCUT2D eigenvalue weighted by Crippen LogP contribution is 2.50. The van der Waals surface area contributed by atoms with Gasteiger partial charge in [0.25, 0.3) is 0 Å². The number of hydrogen-bond acceptors (Lipinski definition) is 2. The lowest BCUT2D eigenvalue weighted by Crippen LogP contribution is -2.32. The Balaban J connectivity index is 1.03. The van der Waals surface area contributed by atoms with Crippen molar-refractivity contribution in [2.45, 2.75) is 80.6 Å². The predicted octanol–water partition coefficient (Wildman–Crippen LogP) is 15.3. The fraction of sp³-hybridized carbons (Fsp3) is 0.211. The molecule has 10 aromatic rings. The summed E-state index contributed by atoms with van der Waals surface area (Å²) in [6.07, 6.45) is 10.6. The van der Waals surface area contributed by atoms with Crippen molar-refractivity contribution in [3.8, 4) is 5.69 Å². The molecule has 2 aliphatic heterocycles. The first-order valence-corrected chi connectivity index (χ1v) is 23.4. The molecule has 0 radical (unpaired) electrons. The number of para-hydroxylation sites is 4. The van der Waals surface area contributed by atoms with E-state index < -0.39 is 0 Å². The van der Waals surface area contributed by atoms with Crippen LogP contribution in [-0.4, -0.2) is 25.3 Å². The maximum Gasteiger partial charge on any atom is 0.110 e. The number of benzene rings is 7. The van der Waals surface area contributed by atoms with Crippen molar-refractivity contribution in [2.75, 3.05) is 0 Å². The van der Waals surface area contributed by atoms with Crippen LogP contribution in [0.25, 0.3) is 71.1 Å². The van der Waals surface area contributed by atoms with Gasteiger partial charge in [0, 0.05) is 77.1 Å². The minimum Gasteiger partial charge on any atom is -0.330 e. The molecule has 0 N–H and O–H groups in total. The molecule has 0 saturated heterocycles. The van der Waals surface area contributed by atoms with E-state index in [9.17, 15) is 0 Å². The SMILES string of the molecule is CCCCC(C)(c1ccc2c(c1)c1ccccc1n2C(C)(CC)c1ccc2c(c1)c1ccccc1n2-c1ccc2c(c1)SC1N=CC=CC21)n1c2ccccc2c2ccccc21. The average Bonchev–Trinajstić information content (AvgIpc) is 4.06. The molecule has 12 rings (SSSR count). The molecule has 0 saturated carbocycles. The smallest absolute Gasteiger partial charge is 0.110 e. The van der Waals surface area contributed by atoms with E-state index in [1.54, 1.807) is 0 Å². The van der Waals surface area contributed by atoms with Crippen LogP contribution in [-0.2, 0) is 11.1 Å². The molecule has 5 heteroatoms. The zero-order valence-electron chi connectivity index (χ0n) is 35.8. The molecule has 0 aliphatic carbocycles. The van der Waals surface area contributed by atoms with Crippen molar-refractivity contribution in [1.29, 1.82) is 0 Å². The van der Waals surface area contributed by atoms with Crippen molar-refractivity contribution in [1.82, 2.24) is 13.7 Å². The maximum atomic E-state index is 4.80. The summed E-state index contributed by atoms with van der Waals surface area (Å²) in [6, 6.07) is 57.7. The van der Waals surface area contributed by atoms with Crippen LogP contribution in [0.5, 0.6) is 0 Å². The summed E-state index contributed by atoms with van der Waals surface area (Å²) < 4.78 is 7.77. The van der Waals surface area contributed by atoms with E-state index in [-0.39, 0.29) is 16.5 Å². The zero-order chi connectivity index (χ0) is 41.7. The molecule has 0 amide bonds. The number of dihydropyridines is 1. The molecule has 3 aromatic heterocycles. The van der Waals surface area contributed by atoms with E-state index in [2.05, 4.69) is 205 Å². The second kappa shape index (κ2) is 14.1. The lowest BCUT2D eigenvalue weighted by Gasteiger charge is -2.35. The quantitative estimate of drug-likeness (QED) is 0.142. The van der Waals surface area contributed by atoms with Gasteiger partial charge in [0.1, 0.15) is 5.37 Å². The summed E-state index contributed by atoms with van der Waals surface area (Å²) in [5.74, 6) is 0.347. The van der Waals surface area contributed by atoms with Crippen LogP contribution in [0.1, 0.15) is 76.0 Å². The molecule has 0 fully saturated rings. The zero-order valence-corrected chi connectivity index (χ0v) is 36.7. The van der Waals surface area contributed by atoms with E-state index in [1.807, 2.05) is 18.0 Å². The van der Waals surface area contributed by atoms with Gasteiger partial charge in [-0.25, -0.2) is 0 Å². The molecule has 62 heavy (non-hydrogen) atoms. The van der Waals surface area contributed by atoms with Crippen LogP contribution in [0.15, 0.2) is 174 Å². The topological polar surface area (TPSA) is 27.1 Å². The summed E-state index contributed by atoms with van der Waals surface area (Å²) in [7, 11) is 0. The van der Waals surface area contributed by atoms with Crippen LogP contribution in [0.2, 0.25) is 0 Å². The van der Waals surface area contributed by atoms with Gasteiger partial charge in [0.15, 0.2) is 0 Å². The largest absolute Gasteiger partial charge is 0.330 e. The highest BCUT2D eigenvalue weighted by Gasteiger charge is 2.36. The number of allylic oxidation sites excluding steroid dienone is 1. The Morgan fingerprint density at radius 3 is 1.71 bits per heavy atom. The molecule has 4 unspecified atom stereocenters. The number of nitrogens with zero attached hydrogens (tertiary/aromatic N) is 4. The Kier molecular flexibility index (Phi) is 8.53. The molecule has 0 spiro atoms. The van der Waals surface area contributed by atoms with E-state index in [0.29, 0.717) is 5.92 Å². The van der Waals surface area contributed by atoms with Crippen molar-refractivity contribution in [3.05, 3.63) is 181 Å². The average molecular weight is 823 g/mol. The van der Waals surface area contributed by atoms with Crippen LogP contribution in [0.4, 0.5) is 0 Å². The molecule has 4 nitrogen and oxygen atoms in total. The number of rotatable bonds is 9. The first-order chi connectivity index (χ1) is 30.4. The Bertz CT molecular complexity index is 3430. The van der Waals surface area contributed by atoms with Gasteiger partial charge in [-0.3, -0.25) is 4.99 Å². The van der Waals surface area contributed by atoms with Crippen LogP contribution in [0, 0.1) is 0 Å². The number of thioether (sulfide) groups is 1. The minimum atomic E-state index is -0.326. The Hall–Kier alpha value is -6.30. The van der Waals surface area contributed by atoms with E-state index >= 15 is 0 Å². The summed E-state index contributed by atoms with van der Waals surface area (Å²) in [5, 5.41) is 8.05. The van der Waals surface area contributed by atoms with Gasteiger partial charge < -0.3 is 13.7 Å². The summed E-state index contributed by atoms with van der Waals surface area (Å²) in [5.41, 5.74) is 12.3. The van der Waals surface area contributed by atoms with Gasteiger partial charge in [-0.05, 0) is 110 Å². The summed E-state index contributed by atoms with van der Waals surface area (Å²) in [4.78, 5) is 6.13. The highest BCUT2D eigenvalue weighted by molar-refractivity contribution is 8.00. The number of aromatic nitrogens is 3. The van der Waals surface area contributed by atoms with Gasteiger partial charge in [0.2, 0.25) is 0 Å². The monoisotopic (exact) mass is 822 g/mol. The Morgan fingerprint density at radius 1 is 0.548 bits per heavy atom. The van der Waals surface area contributed by atoms with Crippen LogP contribution in [0.3, 0.4) is 0 Å². The van der Waals surface area contributed by atoms with E-state index in [1.165, 1.54) is 92.7 Å². The lowest BCUT2D eigenvalue weighted by molar-refractivity contribution is 0.371. The molecule has 2 aliphatic rings. The summed E-state index contributed by atoms with van der Waals surface area (Å²) in [6.45, 7) is 9.59. The van der Waals surface area contributed by atoms with Crippen molar-refractivity contribution in [2.24, 2.45) is 4.99 Å². The van der Waals surface area contributed by atoms with Crippen LogP contribution < -0.4 is 0 Å². The third kappa shape index (κ3) is 5.30. The molecule has 4 atom stereocenters. The van der Waals surface area contributed by atoms with Crippen molar-refractivity contribution < 1.29 is 0 Å². The van der Waals surface area contributed by atoms with Crippen LogP contribution >= 0.6 is 11.8 Å². The molecular formula is C57H50N4S. The van der Waals surface area contributed by atoms with E-state index in [0.717, 1.165) is 25.7 Å². The Labute approximate surface area is 367 Å². The maximum absolute atomic E-state index is 4.80. The van der Waals surface area contributed by atoms with Crippen molar-refractivity contribution >= 4 is 83.4 Å². The summed E-state index contributed by atoms with van der Waals surface area (Å²) >= 11 is 1.89. The second-order valence-electron chi connectivity index (χ2n) is 18.0. The molecule has 304 valence electrons. The molecule has 7 aromatic carbocycles. The predicted molar refractivity (Wildman–Crippen MR) is 265 cm³/mol. The second-order valence-corrected chi connectivity index (χ2v) is 19.1. The molecule has 0 bridgehead atoms. The van der Waals surface area contributed by atoms with Gasteiger partial charge >= 0.3 is 0 Å². The first kappa shape index (κ1) is 37.5. The molecular weight excluding hydrogens is 773 g/mol. The fourth-order valence-corrected chi connectivity index (χ4v) is 12.6. The Morgan fingerprint density at radius 2 is 1.06 bits per heavy atom. The van der Waals surface area contributed by atoms with Crippen molar-refractivity contribution in [3.63, 3.8) is 0 Å². The fourth-order valence-electron chi connectivity index (χ4n) is 11.3. The molecule has 5 heterocycles. The number of unbranched alkanes of at least 4 members (excludes halogenated alkanes) is 1. The van der Waals surface area contributed by atoms with Gasteiger partial charge in [-0.1, -0.05) is 136 Å². The van der Waals surface area contributed by atoms with Gasteiger partial charge in [0.05, 0.1) is 22.1 Å². The third-order valence-electron chi connectivity index (χ3n) is 14.7. The van der Waals surface area contributed by atoms with Gasteiger partial charge in [-0.15, -0.1) is 0 Å².